The molecular formula is C18H17ClN2O3S2. The number of amides is 1. The summed E-state index contributed by atoms with van der Waals surface area (Å²) in [6, 6.07) is 11.9. The van der Waals surface area contributed by atoms with Gasteiger partial charge in [0.25, 0.3) is 0 Å². The molecule has 0 saturated carbocycles. The highest BCUT2D eigenvalue weighted by Gasteiger charge is 2.15. The number of carbonyl (C=O) groups is 1. The number of para-hydroxylation sites is 1. The Morgan fingerprint density at radius 2 is 1.92 bits per heavy atom. The number of fused-ring (bicyclic) bond motifs is 1. The van der Waals surface area contributed by atoms with E-state index in [1.807, 2.05) is 25.1 Å². The molecule has 1 amide bonds. The van der Waals surface area contributed by atoms with Gasteiger partial charge in [0, 0.05) is 11.4 Å². The van der Waals surface area contributed by atoms with Crippen molar-refractivity contribution in [1.29, 1.82) is 0 Å². The lowest BCUT2D eigenvalue weighted by Crippen LogP contribution is -2.14. The minimum Gasteiger partial charge on any atom is -0.302 e. The predicted octanol–water partition coefficient (Wildman–Crippen LogP) is 4.45. The Balaban J connectivity index is 1.56. The maximum absolute atomic E-state index is 12.3. The van der Waals surface area contributed by atoms with Crippen molar-refractivity contribution in [2.75, 3.05) is 11.1 Å². The number of sulfone groups is 1. The monoisotopic (exact) mass is 408 g/mol. The van der Waals surface area contributed by atoms with Crippen molar-refractivity contribution in [1.82, 2.24) is 4.98 Å². The summed E-state index contributed by atoms with van der Waals surface area (Å²) in [5, 5.41) is 3.76. The fourth-order valence-corrected chi connectivity index (χ4v) is 4.90. The van der Waals surface area contributed by atoms with E-state index in [2.05, 4.69) is 10.3 Å². The van der Waals surface area contributed by atoms with E-state index in [0.717, 1.165) is 15.8 Å². The van der Waals surface area contributed by atoms with Crippen LogP contribution in [0.15, 0.2) is 47.4 Å². The van der Waals surface area contributed by atoms with Crippen molar-refractivity contribution in [3.8, 4) is 0 Å². The first-order chi connectivity index (χ1) is 12.3. The van der Waals surface area contributed by atoms with Crippen molar-refractivity contribution in [2.45, 2.75) is 24.7 Å². The SMILES string of the molecule is Cc1cccc2sc(NC(=O)CCCS(=O)(=O)c3ccc(Cl)cc3)nc12. The topological polar surface area (TPSA) is 76.1 Å². The Hall–Kier alpha value is -1.96. The molecule has 0 saturated heterocycles. The highest BCUT2D eigenvalue weighted by Crippen LogP contribution is 2.28. The Morgan fingerprint density at radius 1 is 1.19 bits per heavy atom. The fourth-order valence-electron chi connectivity index (χ4n) is 2.50. The first-order valence-electron chi connectivity index (χ1n) is 7.99. The van der Waals surface area contributed by atoms with Gasteiger partial charge in [-0.25, -0.2) is 13.4 Å². The average molecular weight is 409 g/mol. The maximum atomic E-state index is 12.3. The van der Waals surface area contributed by atoms with Crippen LogP contribution >= 0.6 is 22.9 Å². The van der Waals surface area contributed by atoms with Crippen molar-refractivity contribution in [3.63, 3.8) is 0 Å². The number of benzene rings is 2. The molecule has 3 aromatic rings. The molecule has 8 heteroatoms. The molecule has 0 bridgehead atoms. The molecule has 0 spiro atoms. The van der Waals surface area contributed by atoms with Crippen LogP contribution in [0.4, 0.5) is 5.13 Å². The molecule has 1 aromatic heterocycles. The summed E-state index contributed by atoms with van der Waals surface area (Å²) in [6.07, 6.45) is 0.350. The number of halogens is 1. The second-order valence-electron chi connectivity index (χ2n) is 5.87. The van der Waals surface area contributed by atoms with E-state index >= 15 is 0 Å². The first kappa shape index (κ1) is 18.8. The second-order valence-corrected chi connectivity index (χ2v) is 9.44. The number of aromatic nitrogens is 1. The quantitative estimate of drug-likeness (QED) is 0.653. The van der Waals surface area contributed by atoms with E-state index < -0.39 is 9.84 Å². The third-order valence-electron chi connectivity index (χ3n) is 3.86. The number of hydrogen-bond acceptors (Lipinski definition) is 5. The van der Waals surface area contributed by atoms with Gasteiger partial charge in [0.1, 0.15) is 0 Å². The summed E-state index contributed by atoms with van der Waals surface area (Å²) in [4.78, 5) is 16.7. The number of hydrogen-bond donors (Lipinski definition) is 1. The zero-order valence-electron chi connectivity index (χ0n) is 14.0. The van der Waals surface area contributed by atoms with Crippen LogP contribution in [-0.2, 0) is 14.6 Å². The minimum atomic E-state index is -3.42. The van der Waals surface area contributed by atoms with Gasteiger partial charge in [-0.15, -0.1) is 0 Å². The molecule has 0 unspecified atom stereocenters. The third-order valence-corrected chi connectivity index (χ3v) is 6.86. The van der Waals surface area contributed by atoms with Gasteiger partial charge in [-0.2, -0.15) is 0 Å². The number of anilines is 1. The zero-order chi connectivity index (χ0) is 18.7. The molecule has 1 heterocycles. The van der Waals surface area contributed by atoms with Crippen LogP contribution in [0.2, 0.25) is 5.02 Å². The lowest BCUT2D eigenvalue weighted by molar-refractivity contribution is -0.116. The van der Waals surface area contributed by atoms with Crippen LogP contribution in [-0.4, -0.2) is 25.1 Å². The highest BCUT2D eigenvalue weighted by molar-refractivity contribution is 7.91. The Labute approximate surface area is 160 Å². The van der Waals surface area contributed by atoms with Gasteiger partial charge in [-0.3, -0.25) is 4.79 Å². The molecule has 0 fully saturated rings. The molecule has 3 rings (SSSR count). The van der Waals surface area contributed by atoms with Gasteiger partial charge in [0.05, 0.1) is 20.9 Å². The highest BCUT2D eigenvalue weighted by atomic mass is 35.5. The molecule has 0 aliphatic carbocycles. The van der Waals surface area contributed by atoms with E-state index in [9.17, 15) is 13.2 Å². The van der Waals surface area contributed by atoms with Gasteiger partial charge in [0.15, 0.2) is 15.0 Å². The average Bonchev–Trinajstić information content (AvgIpc) is 2.99. The Kier molecular flexibility index (Phi) is 5.60. The van der Waals surface area contributed by atoms with Gasteiger partial charge in [-0.05, 0) is 49.2 Å². The van der Waals surface area contributed by atoms with Crippen molar-refractivity contribution in [2.24, 2.45) is 0 Å². The summed E-state index contributed by atoms with van der Waals surface area (Å²) in [5.74, 6) is -0.339. The lowest BCUT2D eigenvalue weighted by atomic mass is 10.2. The van der Waals surface area contributed by atoms with Crippen LogP contribution in [0.1, 0.15) is 18.4 Å². The molecular weight excluding hydrogens is 392 g/mol. The summed E-state index contributed by atoms with van der Waals surface area (Å²) in [6.45, 7) is 1.97. The van der Waals surface area contributed by atoms with E-state index in [1.54, 1.807) is 0 Å². The molecule has 26 heavy (non-hydrogen) atoms. The van der Waals surface area contributed by atoms with Gasteiger partial charge in [-0.1, -0.05) is 35.1 Å². The fraction of sp³-hybridized carbons (Fsp3) is 0.222. The Morgan fingerprint density at radius 3 is 2.62 bits per heavy atom. The molecule has 0 atom stereocenters. The van der Waals surface area contributed by atoms with Crippen LogP contribution in [0, 0.1) is 6.92 Å². The molecule has 2 aromatic carbocycles. The maximum Gasteiger partial charge on any atom is 0.226 e. The van der Waals surface area contributed by atoms with Crippen molar-refractivity contribution < 1.29 is 13.2 Å². The number of nitrogens with one attached hydrogen (secondary N) is 1. The standard InChI is InChI=1S/C18H17ClN2O3S2/c1-12-4-2-5-15-17(12)21-18(25-15)20-16(22)6-3-11-26(23,24)14-9-7-13(19)8-10-14/h2,4-5,7-10H,3,6,11H2,1H3,(H,20,21,22). The molecule has 1 N–H and O–H groups in total. The zero-order valence-corrected chi connectivity index (χ0v) is 16.4. The second kappa shape index (κ2) is 7.73. The van der Waals surface area contributed by atoms with Crippen LogP contribution < -0.4 is 5.32 Å². The van der Waals surface area contributed by atoms with Crippen molar-refractivity contribution in [3.05, 3.63) is 53.1 Å². The van der Waals surface area contributed by atoms with Crippen molar-refractivity contribution >= 4 is 54.0 Å². The molecule has 0 aliphatic rings. The summed E-state index contributed by atoms with van der Waals surface area (Å²) < 4.78 is 25.5. The van der Waals surface area contributed by atoms with Crippen LogP contribution in [0.5, 0.6) is 0 Å². The lowest BCUT2D eigenvalue weighted by Gasteiger charge is -2.05. The molecule has 5 nitrogen and oxygen atoms in total. The van der Waals surface area contributed by atoms with Crippen LogP contribution in [0.3, 0.4) is 0 Å². The van der Waals surface area contributed by atoms with Gasteiger partial charge >= 0.3 is 0 Å². The summed E-state index contributed by atoms with van der Waals surface area (Å²) in [5.41, 5.74) is 1.92. The van der Waals surface area contributed by atoms with Crippen LogP contribution in [0.25, 0.3) is 10.2 Å². The van der Waals surface area contributed by atoms with E-state index in [0.29, 0.717) is 10.2 Å². The summed E-state index contributed by atoms with van der Waals surface area (Å²) >= 11 is 7.17. The molecule has 0 aliphatic heterocycles. The Bertz CT molecular complexity index is 1040. The first-order valence-corrected chi connectivity index (χ1v) is 10.8. The number of carbonyl (C=O) groups excluding carboxylic acids is 1. The summed E-state index contributed by atoms with van der Waals surface area (Å²) in [7, 11) is -3.42. The largest absolute Gasteiger partial charge is 0.302 e. The third kappa shape index (κ3) is 4.41. The number of aryl methyl sites for hydroxylation is 1. The molecule has 136 valence electrons. The number of rotatable bonds is 6. The van der Waals surface area contributed by atoms with Gasteiger partial charge in [0.2, 0.25) is 5.91 Å². The van der Waals surface area contributed by atoms with E-state index in [-0.39, 0.29) is 29.4 Å². The normalized spacial score (nSPS) is 11.6. The number of nitrogens with zero attached hydrogens (tertiary/aromatic N) is 1. The predicted molar refractivity (Wildman–Crippen MR) is 106 cm³/mol. The smallest absolute Gasteiger partial charge is 0.226 e. The van der Waals surface area contributed by atoms with E-state index in [4.69, 9.17) is 11.6 Å². The molecule has 0 radical (unpaired) electrons. The number of thiazole rings is 1. The van der Waals surface area contributed by atoms with E-state index in [1.165, 1.54) is 35.6 Å². The van der Waals surface area contributed by atoms with Gasteiger partial charge < -0.3 is 5.32 Å². The minimum absolute atomic E-state index is 0.0962.